The summed E-state index contributed by atoms with van der Waals surface area (Å²) in [6.45, 7) is 2.73. The minimum Gasteiger partial charge on any atom is -0.355 e. The molecule has 8 nitrogen and oxygen atoms in total. The van der Waals surface area contributed by atoms with Crippen molar-refractivity contribution < 1.29 is 9.72 Å². The predicted octanol–water partition coefficient (Wildman–Crippen LogP) is -0.435. The van der Waals surface area contributed by atoms with Crippen LogP contribution in [0, 0.1) is 17.0 Å². The fraction of sp³-hybridized carbons (Fsp3) is 0.556. The molecule has 1 amide bonds. The lowest BCUT2D eigenvalue weighted by Crippen LogP contribution is -2.29. The van der Waals surface area contributed by atoms with E-state index in [4.69, 9.17) is 5.73 Å². The average Bonchev–Trinajstić information content (AvgIpc) is 2.65. The Bertz CT molecular complexity index is 415. The van der Waals surface area contributed by atoms with Gasteiger partial charge in [0.25, 0.3) is 0 Å². The molecule has 94 valence electrons. The summed E-state index contributed by atoms with van der Waals surface area (Å²) < 4.78 is 1.44. The third-order valence-corrected chi connectivity index (χ3v) is 2.29. The van der Waals surface area contributed by atoms with E-state index in [1.165, 1.54) is 10.9 Å². The average molecular weight is 241 g/mol. The number of aromatic nitrogens is 2. The van der Waals surface area contributed by atoms with Crippen LogP contribution in [-0.4, -0.2) is 33.7 Å². The predicted molar refractivity (Wildman–Crippen MR) is 60.3 cm³/mol. The lowest BCUT2D eigenvalue weighted by Gasteiger charge is -2.04. The first kappa shape index (κ1) is 13.1. The van der Waals surface area contributed by atoms with Gasteiger partial charge in [0.1, 0.15) is 11.9 Å². The first-order valence-corrected chi connectivity index (χ1v) is 5.19. The number of nitro groups is 1. The van der Waals surface area contributed by atoms with Gasteiger partial charge in [-0.25, -0.2) is 0 Å². The van der Waals surface area contributed by atoms with Crippen molar-refractivity contribution >= 4 is 11.6 Å². The number of nitrogens with two attached hydrogens (primary N) is 1. The molecule has 0 aliphatic rings. The molecule has 0 aromatic carbocycles. The van der Waals surface area contributed by atoms with Gasteiger partial charge in [-0.05, 0) is 6.92 Å². The largest absolute Gasteiger partial charge is 0.355 e. The van der Waals surface area contributed by atoms with E-state index < -0.39 is 4.92 Å². The van der Waals surface area contributed by atoms with Crippen LogP contribution in [0.15, 0.2) is 6.20 Å². The highest BCUT2D eigenvalue weighted by molar-refractivity contribution is 5.75. The maximum absolute atomic E-state index is 11.3. The van der Waals surface area contributed by atoms with Crippen molar-refractivity contribution in [2.75, 3.05) is 13.1 Å². The Kier molecular flexibility index (Phi) is 4.58. The number of hydrogen-bond donors (Lipinski definition) is 2. The molecule has 1 heterocycles. The van der Waals surface area contributed by atoms with Gasteiger partial charge in [0.05, 0.1) is 11.5 Å². The summed E-state index contributed by atoms with van der Waals surface area (Å²) in [4.78, 5) is 21.4. The number of aryl methyl sites for hydroxylation is 1. The normalized spacial score (nSPS) is 10.2. The highest BCUT2D eigenvalue weighted by Crippen LogP contribution is 2.15. The highest BCUT2D eigenvalue weighted by atomic mass is 16.6. The van der Waals surface area contributed by atoms with Gasteiger partial charge in [-0.1, -0.05) is 0 Å². The Morgan fingerprint density at radius 1 is 1.71 bits per heavy atom. The SMILES string of the molecule is Cc1c([N+](=O)[O-])cnn1CCC(=O)NCCN. The molecule has 17 heavy (non-hydrogen) atoms. The number of carbonyl (C=O) groups excluding carboxylic acids is 1. The number of nitrogens with zero attached hydrogens (tertiary/aromatic N) is 3. The Labute approximate surface area is 97.9 Å². The Balaban J connectivity index is 2.52. The van der Waals surface area contributed by atoms with Gasteiger partial charge in [-0.3, -0.25) is 19.6 Å². The van der Waals surface area contributed by atoms with E-state index in [0.717, 1.165) is 0 Å². The van der Waals surface area contributed by atoms with E-state index in [1.54, 1.807) is 6.92 Å². The van der Waals surface area contributed by atoms with Crippen LogP contribution in [0.5, 0.6) is 0 Å². The standard InChI is InChI=1S/C9H15N5O3/c1-7-8(14(16)17)6-12-13(7)5-2-9(15)11-4-3-10/h6H,2-5,10H2,1H3,(H,11,15). The van der Waals surface area contributed by atoms with E-state index in [9.17, 15) is 14.9 Å². The molecule has 3 N–H and O–H groups in total. The van der Waals surface area contributed by atoms with Gasteiger partial charge < -0.3 is 11.1 Å². The molecule has 0 saturated carbocycles. The highest BCUT2D eigenvalue weighted by Gasteiger charge is 2.16. The molecule has 0 saturated heterocycles. The van der Waals surface area contributed by atoms with Crippen molar-refractivity contribution in [1.82, 2.24) is 15.1 Å². The van der Waals surface area contributed by atoms with E-state index in [0.29, 0.717) is 25.3 Å². The van der Waals surface area contributed by atoms with Crippen LogP contribution >= 0.6 is 0 Å². The monoisotopic (exact) mass is 241 g/mol. The minimum absolute atomic E-state index is 0.0348. The van der Waals surface area contributed by atoms with E-state index in [1.807, 2.05) is 0 Å². The quantitative estimate of drug-likeness (QED) is 0.517. The number of nitrogens with one attached hydrogen (secondary N) is 1. The molecule has 1 aromatic rings. The first-order valence-electron chi connectivity index (χ1n) is 5.19. The number of carbonyl (C=O) groups is 1. The Morgan fingerprint density at radius 3 is 2.94 bits per heavy atom. The second kappa shape index (κ2) is 5.94. The Morgan fingerprint density at radius 2 is 2.41 bits per heavy atom. The molecule has 0 unspecified atom stereocenters. The second-order valence-corrected chi connectivity index (χ2v) is 3.48. The fourth-order valence-electron chi connectivity index (χ4n) is 1.35. The lowest BCUT2D eigenvalue weighted by atomic mass is 10.3. The zero-order valence-corrected chi connectivity index (χ0v) is 9.55. The summed E-state index contributed by atoms with van der Waals surface area (Å²) in [5.41, 5.74) is 5.65. The number of hydrogen-bond acceptors (Lipinski definition) is 5. The molecule has 1 aromatic heterocycles. The maximum Gasteiger partial charge on any atom is 0.309 e. The third-order valence-electron chi connectivity index (χ3n) is 2.29. The van der Waals surface area contributed by atoms with Gasteiger partial charge in [0.2, 0.25) is 5.91 Å². The van der Waals surface area contributed by atoms with Crippen LogP contribution in [0.25, 0.3) is 0 Å². The van der Waals surface area contributed by atoms with Crippen molar-refractivity contribution in [2.45, 2.75) is 19.9 Å². The summed E-state index contributed by atoms with van der Waals surface area (Å²) in [6, 6.07) is 0. The van der Waals surface area contributed by atoms with Crippen LogP contribution in [0.2, 0.25) is 0 Å². The van der Waals surface area contributed by atoms with Gasteiger partial charge in [0.15, 0.2) is 0 Å². The minimum atomic E-state index is -0.493. The zero-order valence-electron chi connectivity index (χ0n) is 9.55. The van der Waals surface area contributed by atoms with Gasteiger partial charge in [0, 0.05) is 19.5 Å². The zero-order chi connectivity index (χ0) is 12.8. The van der Waals surface area contributed by atoms with Crippen LogP contribution in [-0.2, 0) is 11.3 Å². The first-order chi connectivity index (χ1) is 8.06. The second-order valence-electron chi connectivity index (χ2n) is 3.48. The van der Waals surface area contributed by atoms with Crippen molar-refractivity contribution in [3.05, 3.63) is 22.0 Å². The van der Waals surface area contributed by atoms with Crippen LogP contribution in [0.4, 0.5) is 5.69 Å². The van der Waals surface area contributed by atoms with Crippen LogP contribution in [0.3, 0.4) is 0 Å². The maximum atomic E-state index is 11.3. The van der Waals surface area contributed by atoms with Crippen molar-refractivity contribution in [1.29, 1.82) is 0 Å². The summed E-state index contributed by atoms with van der Waals surface area (Å²) >= 11 is 0. The summed E-state index contributed by atoms with van der Waals surface area (Å²) in [6.07, 6.45) is 1.41. The van der Waals surface area contributed by atoms with Gasteiger partial charge in [-0.2, -0.15) is 5.10 Å². The molecular formula is C9H15N5O3. The molecule has 0 aliphatic heterocycles. The molecule has 0 fully saturated rings. The molecule has 0 radical (unpaired) electrons. The smallest absolute Gasteiger partial charge is 0.309 e. The molecule has 0 spiro atoms. The van der Waals surface area contributed by atoms with Crippen molar-refractivity contribution in [2.24, 2.45) is 5.73 Å². The van der Waals surface area contributed by atoms with E-state index in [-0.39, 0.29) is 18.0 Å². The topological polar surface area (TPSA) is 116 Å². The fourth-order valence-corrected chi connectivity index (χ4v) is 1.35. The molecule has 0 bridgehead atoms. The number of rotatable bonds is 6. The molecule has 8 heteroatoms. The lowest BCUT2D eigenvalue weighted by molar-refractivity contribution is -0.385. The third kappa shape index (κ3) is 3.52. The molecule has 1 rings (SSSR count). The van der Waals surface area contributed by atoms with Gasteiger partial charge in [-0.15, -0.1) is 0 Å². The molecule has 0 atom stereocenters. The summed E-state index contributed by atoms with van der Waals surface area (Å²) in [5, 5.41) is 17.0. The summed E-state index contributed by atoms with van der Waals surface area (Å²) in [5.74, 6) is -0.145. The van der Waals surface area contributed by atoms with Crippen LogP contribution < -0.4 is 11.1 Å². The van der Waals surface area contributed by atoms with E-state index >= 15 is 0 Å². The molecular weight excluding hydrogens is 226 g/mol. The van der Waals surface area contributed by atoms with Crippen LogP contribution in [0.1, 0.15) is 12.1 Å². The molecule has 0 aliphatic carbocycles. The summed E-state index contributed by atoms with van der Waals surface area (Å²) in [7, 11) is 0. The van der Waals surface area contributed by atoms with E-state index in [2.05, 4.69) is 10.4 Å². The Hall–Kier alpha value is -1.96. The van der Waals surface area contributed by atoms with Gasteiger partial charge >= 0.3 is 5.69 Å². The van der Waals surface area contributed by atoms with Crippen molar-refractivity contribution in [3.8, 4) is 0 Å². The van der Waals surface area contributed by atoms with Crippen molar-refractivity contribution in [3.63, 3.8) is 0 Å². The number of amides is 1.